The van der Waals surface area contributed by atoms with Gasteiger partial charge in [0.25, 0.3) is 5.91 Å². The second-order valence-electron chi connectivity index (χ2n) is 5.17. The van der Waals surface area contributed by atoms with Gasteiger partial charge in [-0.2, -0.15) is 5.10 Å². The molecular formula is C15H21N3O2. The van der Waals surface area contributed by atoms with Crippen molar-refractivity contribution in [2.24, 2.45) is 5.92 Å². The third-order valence-electron chi connectivity index (χ3n) is 3.06. The van der Waals surface area contributed by atoms with Gasteiger partial charge >= 0.3 is 0 Å². The highest BCUT2D eigenvalue weighted by Gasteiger charge is 2.12. The topological polar surface area (TPSA) is 67.0 Å². The fraction of sp³-hybridized carbons (Fsp3) is 0.467. The number of carbonyl (C=O) groups is 1. The number of hydrogen-bond acceptors (Lipinski definition) is 3. The Labute approximate surface area is 118 Å². The van der Waals surface area contributed by atoms with Crippen molar-refractivity contribution < 1.29 is 9.53 Å². The highest BCUT2D eigenvalue weighted by atomic mass is 16.5. The van der Waals surface area contributed by atoms with Crippen molar-refractivity contribution in [2.45, 2.75) is 20.3 Å². The maximum absolute atomic E-state index is 12.0. The van der Waals surface area contributed by atoms with Gasteiger partial charge < -0.3 is 10.1 Å². The lowest BCUT2D eigenvalue weighted by atomic mass is 10.1. The van der Waals surface area contributed by atoms with Crippen molar-refractivity contribution in [3.8, 4) is 0 Å². The number of benzene rings is 1. The number of nitrogens with one attached hydrogen (secondary N) is 2. The van der Waals surface area contributed by atoms with Gasteiger partial charge in [-0.1, -0.05) is 32.0 Å². The Morgan fingerprint density at radius 2 is 2.15 bits per heavy atom. The first-order valence-electron chi connectivity index (χ1n) is 6.97. The van der Waals surface area contributed by atoms with Crippen molar-refractivity contribution in [1.82, 2.24) is 15.5 Å². The molecular weight excluding hydrogens is 254 g/mol. The zero-order chi connectivity index (χ0) is 14.4. The Morgan fingerprint density at radius 3 is 2.95 bits per heavy atom. The summed E-state index contributed by atoms with van der Waals surface area (Å²) in [7, 11) is 0. The lowest BCUT2D eigenvalue weighted by Crippen LogP contribution is -2.27. The molecule has 2 N–H and O–H groups in total. The zero-order valence-corrected chi connectivity index (χ0v) is 12.0. The maximum Gasteiger partial charge on any atom is 0.272 e. The lowest BCUT2D eigenvalue weighted by molar-refractivity contribution is 0.0902. The van der Waals surface area contributed by atoms with E-state index in [2.05, 4.69) is 29.4 Å². The predicted molar refractivity (Wildman–Crippen MR) is 78.7 cm³/mol. The molecule has 0 atom stereocenters. The number of fused-ring (bicyclic) bond motifs is 1. The van der Waals surface area contributed by atoms with Crippen LogP contribution in [0, 0.1) is 5.92 Å². The standard InChI is InChI=1S/C15H21N3O2/c1-11(2)7-9-20-10-8-16-15(19)14-12-5-3-4-6-13(12)17-18-14/h3-6,11H,7-10H2,1-2H3,(H,16,19)(H,17,18). The summed E-state index contributed by atoms with van der Waals surface area (Å²) in [5.74, 6) is 0.468. The summed E-state index contributed by atoms with van der Waals surface area (Å²) in [6, 6.07) is 7.58. The second-order valence-corrected chi connectivity index (χ2v) is 5.17. The molecule has 20 heavy (non-hydrogen) atoms. The van der Waals surface area contributed by atoms with Gasteiger partial charge in [0.2, 0.25) is 0 Å². The number of aromatic amines is 1. The minimum atomic E-state index is -0.171. The van der Waals surface area contributed by atoms with Gasteiger partial charge in [-0.15, -0.1) is 0 Å². The van der Waals surface area contributed by atoms with E-state index in [4.69, 9.17) is 4.74 Å². The first kappa shape index (κ1) is 14.5. The number of aromatic nitrogens is 2. The molecule has 5 heteroatoms. The molecule has 5 nitrogen and oxygen atoms in total. The number of carbonyl (C=O) groups excluding carboxylic acids is 1. The van der Waals surface area contributed by atoms with Crippen molar-refractivity contribution in [2.75, 3.05) is 19.8 Å². The molecule has 2 rings (SSSR count). The Bertz CT molecular complexity index is 563. The predicted octanol–water partition coefficient (Wildman–Crippen LogP) is 2.36. The van der Waals surface area contributed by atoms with Gasteiger partial charge in [0.1, 0.15) is 0 Å². The Morgan fingerprint density at radius 1 is 1.35 bits per heavy atom. The monoisotopic (exact) mass is 275 g/mol. The molecule has 0 aliphatic rings. The summed E-state index contributed by atoms with van der Waals surface area (Å²) in [6.07, 6.45) is 1.04. The van der Waals surface area contributed by atoms with Crippen LogP contribution in [0.2, 0.25) is 0 Å². The largest absolute Gasteiger partial charge is 0.380 e. The summed E-state index contributed by atoms with van der Waals surface area (Å²) in [5.41, 5.74) is 1.30. The van der Waals surface area contributed by atoms with E-state index in [9.17, 15) is 4.79 Å². The van der Waals surface area contributed by atoms with E-state index in [1.54, 1.807) is 0 Å². The van der Waals surface area contributed by atoms with Crippen LogP contribution in [0.5, 0.6) is 0 Å². The highest BCUT2D eigenvalue weighted by Crippen LogP contribution is 2.14. The Hall–Kier alpha value is -1.88. The van der Waals surface area contributed by atoms with Crippen LogP contribution in [-0.2, 0) is 4.74 Å². The quantitative estimate of drug-likeness (QED) is 0.762. The molecule has 0 radical (unpaired) electrons. The van der Waals surface area contributed by atoms with Crippen LogP contribution in [0.4, 0.5) is 0 Å². The smallest absolute Gasteiger partial charge is 0.272 e. The molecule has 0 saturated heterocycles. The van der Waals surface area contributed by atoms with E-state index in [1.807, 2.05) is 24.3 Å². The molecule has 0 bridgehead atoms. The van der Waals surface area contributed by atoms with E-state index in [-0.39, 0.29) is 5.91 Å². The van der Waals surface area contributed by atoms with Crippen LogP contribution < -0.4 is 5.32 Å². The molecule has 0 unspecified atom stereocenters. The molecule has 2 aromatic rings. The van der Waals surface area contributed by atoms with Crippen molar-refractivity contribution in [1.29, 1.82) is 0 Å². The van der Waals surface area contributed by atoms with Crippen LogP contribution >= 0.6 is 0 Å². The van der Waals surface area contributed by atoms with Crippen LogP contribution in [0.1, 0.15) is 30.8 Å². The van der Waals surface area contributed by atoms with Crippen molar-refractivity contribution in [3.63, 3.8) is 0 Å². The minimum Gasteiger partial charge on any atom is -0.380 e. The van der Waals surface area contributed by atoms with E-state index in [0.717, 1.165) is 23.9 Å². The summed E-state index contributed by atoms with van der Waals surface area (Å²) < 4.78 is 5.46. The van der Waals surface area contributed by atoms with Gasteiger partial charge in [-0.3, -0.25) is 9.89 Å². The number of rotatable bonds is 7. The minimum absolute atomic E-state index is 0.171. The first-order valence-corrected chi connectivity index (χ1v) is 6.97. The van der Waals surface area contributed by atoms with Gasteiger partial charge in [0.05, 0.1) is 12.1 Å². The van der Waals surface area contributed by atoms with E-state index in [0.29, 0.717) is 24.8 Å². The molecule has 1 amide bonds. The van der Waals surface area contributed by atoms with Crippen molar-refractivity contribution >= 4 is 16.8 Å². The Balaban J connectivity index is 1.78. The number of para-hydroxylation sites is 1. The number of H-pyrrole nitrogens is 1. The molecule has 0 spiro atoms. The van der Waals surface area contributed by atoms with Crippen molar-refractivity contribution in [3.05, 3.63) is 30.0 Å². The average molecular weight is 275 g/mol. The summed E-state index contributed by atoms with van der Waals surface area (Å²) in [4.78, 5) is 12.0. The SMILES string of the molecule is CC(C)CCOCCNC(=O)c1n[nH]c2ccccc12. The summed E-state index contributed by atoms with van der Waals surface area (Å²) in [6.45, 7) is 6.08. The highest BCUT2D eigenvalue weighted by molar-refractivity contribution is 6.04. The number of hydrogen-bond donors (Lipinski definition) is 2. The summed E-state index contributed by atoms with van der Waals surface area (Å²) in [5, 5.41) is 10.6. The van der Waals surface area contributed by atoms with Crippen LogP contribution in [0.25, 0.3) is 10.9 Å². The van der Waals surface area contributed by atoms with Crippen LogP contribution in [0.3, 0.4) is 0 Å². The van der Waals surface area contributed by atoms with E-state index < -0.39 is 0 Å². The third kappa shape index (κ3) is 3.81. The zero-order valence-electron chi connectivity index (χ0n) is 12.0. The van der Waals surface area contributed by atoms with Crippen LogP contribution in [0.15, 0.2) is 24.3 Å². The number of amides is 1. The fourth-order valence-electron chi connectivity index (χ4n) is 1.88. The fourth-order valence-corrected chi connectivity index (χ4v) is 1.88. The normalized spacial score (nSPS) is 11.2. The van der Waals surface area contributed by atoms with Crippen LogP contribution in [-0.4, -0.2) is 35.9 Å². The Kier molecular flexibility index (Phi) is 5.12. The maximum atomic E-state index is 12.0. The molecule has 0 aliphatic carbocycles. The molecule has 0 fully saturated rings. The number of ether oxygens (including phenoxy) is 1. The van der Waals surface area contributed by atoms with E-state index in [1.165, 1.54) is 0 Å². The lowest BCUT2D eigenvalue weighted by Gasteiger charge is -2.07. The third-order valence-corrected chi connectivity index (χ3v) is 3.06. The first-order chi connectivity index (χ1) is 9.68. The molecule has 1 aromatic heterocycles. The summed E-state index contributed by atoms with van der Waals surface area (Å²) >= 11 is 0. The molecule has 108 valence electrons. The average Bonchev–Trinajstić information content (AvgIpc) is 2.86. The molecule has 1 heterocycles. The number of nitrogens with zero attached hydrogens (tertiary/aromatic N) is 1. The van der Waals surface area contributed by atoms with Gasteiger partial charge in [-0.25, -0.2) is 0 Å². The molecule has 0 saturated carbocycles. The molecule has 1 aromatic carbocycles. The van der Waals surface area contributed by atoms with Gasteiger partial charge in [0, 0.05) is 18.5 Å². The molecule has 0 aliphatic heterocycles. The van der Waals surface area contributed by atoms with Gasteiger partial charge in [-0.05, 0) is 18.4 Å². The van der Waals surface area contributed by atoms with E-state index >= 15 is 0 Å². The van der Waals surface area contributed by atoms with Gasteiger partial charge in [0.15, 0.2) is 5.69 Å². The second kappa shape index (κ2) is 7.05.